The summed E-state index contributed by atoms with van der Waals surface area (Å²) in [4.78, 5) is 18.5. The molecule has 1 aliphatic heterocycles. The van der Waals surface area contributed by atoms with Gasteiger partial charge in [0.05, 0.1) is 5.52 Å². The number of piperidine rings is 1. The van der Waals surface area contributed by atoms with E-state index in [1.807, 2.05) is 45.0 Å². The minimum Gasteiger partial charge on any atom is -0.444 e. The summed E-state index contributed by atoms with van der Waals surface area (Å²) in [6.07, 6.45) is 1.22. The highest BCUT2D eigenvalue weighted by Crippen LogP contribution is 2.29. The maximum atomic E-state index is 12.2. The number of fused-ring (bicyclic) bond motifs is 1. The first-order valence-corrected chi connectivity index (χ1v) is 9.65. The SMILES string of the molecule is CC(C)(C)OC(=O)N1CCC(c2noc(-n3nc(Cl)c4ccccc43)n2)CC1. The first-order valence-electron chi connectivity index (χ1n) is 9.27. The van der Waals surface area contributed by atoms with Gasteiger partial charge in [0.1, 0.15) is 5.60 Å². The van der Waals surface area contributed by atoms with Gasteiger partial charge < -0.3 is 14.2 Å². The lowest BCUT2D eigenvalue weighted by atomic mass is 9.96. The van der Waals surface area contributed by atoms with Crippen molar-refractivity contribution in [1.29, 1.82) is 0 Å². The van der Waals surface area contributed by atoms with Crippen LogP contribution in [0, 0.1) is 0 Å². The number of ether oxygens (including phenoxy) is 1. The van der Waals surface area contributed by atoms with E-state index in [9.17, 15) is 4.79 Å². The minimum atomic E-state index is -0.496. The van der Waals surface area contributed by atoms with Gasteiger partial charge in [-0.1, -0.05) is 28.9 Å². The van der Waals surface area contributed by atoms with Gasteiger partial charge in [-0.15, -0.1) is 0 Å². The number of hydrogen-bond donors (Lipinski definition) is 0. The molecule has 148 valence electrons. The van der Waals surface area contributed by atoms with Crippen LogP contribution in [0.15, 0.2) is 28.8 Å². The van der Waals surface area contributed by atoms with Crippen molar-refractivity contribution in [3.8, 4) is 6.01 Å². The number of likely N-dealkylation sites (tertiary alicyclic amines) is 1. The van der Waals surface area contributed by atoms with E-state index in [-0.39, 0.29) is 18.0 Å². The fourth-order valence-corrected chi connectivity index (χ4v) is 3.53. The molecular weight excluding hydrogens is 382 g/mol. The Bertz CT molecular complexity index is 999. The average Bonchev–Trinajstić information content (AvgIpc) is 3.26. The molecule has 1 saturated heterocycles. The molecule has 8 nitrogen and oxygen atoms in total. The molecule has 3 aromatic rings. The first kappa shape index (κ1) is 18.7. The molecule has 1 aromatic carbocycles. The molecule has 9 heteroatoms. The van der Waals surface area contributed by atoms with Gasteiger partial charge in [0, 0.05) is 24.4 Å². The number of aromatic nitrogens is 4. The maximum Gasteiger partial charge on any atom is 0.410 e. The third kappa shape index (κ3) is 3.69. The summed E-state index contributed by atoms with van der Waals surface area (Å²) in [5.74, 6) is 0.739. The molecule has 1 amide bonds. The summed E-state index contributed by atoms with van der Waals surface area (Å²) in [5, 5.41) is 9.66. The molecule has 28 heavy (non-hydrogen) atoms. The Balaban J connectivity index is 1.46. The molecule has 3 heterocycles. The molecule has 0 atom stereocenters. The lowest BCUT2D eigenvalue weighted by molar-refractivity contribution is 0.0203. The van der Waals surface area contributed by atoms with Crippen molar-refractivity contribution in [2.24, 2.45) is 0 Å². The summed E-state index contributed by atoms with van der Waals surface area (Å²) in [7, 11) is 0. The molecule has 0 N–H and O–H groups in total. The number of benzene rings is 1. The molecule has 0 unspecified atom stereocenters. The van der Waals surface area contributed by atoms with Crippen molar-refractivity contribution in [3.63, 3.8) is 0 Å². The van der Waals surface area contributed by atoms with E-state index in [2.05, 4.69) is 15.2 Å². The monoisotopic (exact) mass is 403 g/mol. The van der Waals surface area contributed by atoms with Crippen molar-refractivity contribution in [3.05, 3.63) is 35.2 Å². The maximum absolute atomic E-state index is 12.2. The standard InChI is InChI=1S/C19H22ClN5O3/c1-19(2,3)27-18(26)24-10-8-12(9-11-24)16-21-17(28-23-16)25-14-7-5-4-6-13(14)15(20)22-25/h4-7,12H,8-11H2,1-3H3. The van der Waals surface area contributed by atoms with Gasteiger partial charge in [0.2, 0.25) is 0 Å². The van der Waals surface area contributed by atoms with E-state index in [0.29, 0.717) is 24.1 Å². The summed E-state index contributed by atoms with van der Waals surface area (Å²) in [6.45, 7) is 6.79. The number of hydrogen-bond acceptors (Lipinski definition) is 6. The smallest absolute Gasteiger partial charge is 0.410 e. The molecule has 4 rings (SSSR count). The highest BCUT2D eigenvalue weighted by atomic mass is 35.5. The van der Waals surface area contributed by atoms with Crippen LogP contribution >= 0.6 is 11.6 Å². The summed E-state index contributed by atoms with van der Waals surface area (Å²) in [6, 6.07) is 7.88. The lowest BCUT2D eigenvalue weighted by Crippen LogP contribution is -2.41. The molecule has 0 spiro atoms. The van der Waals surface area contributed by atoms with Crippen molar-refractivity contribution >= 4 is 28.6 Å². The lowest BCUT2D eigenvalue weighted by Gasteiger charge is -2.32. The van der Waals surface area contributed by atoms with Crippen LogP contribution in [0.4, 0.5) is 4.79 Å². The van der Waals surface area contributed by atoms with E-state index in [4.69, 9.17) is 20.9 Å². The van der Waals surface area contributed by atoms with Crippen molar-refractivity contribution in [1.82, 2.24) is 24.8 Å². The van der Waals surface area contributed by atoms with Crippen LogP contribution in [0.1, 0.15) is 45.4 Å². The van der Waals surface area contributed by atoms with Crippen LogP contribution in [0.25, 0.3) is 16.9 Å². The van der Waals surface area contributed by atoms with Crippen LogP contribution in [-0.2, 0) is 4.74 Å². The van der Waals surface area contributed by atoms with E-state index in [1.54, 1.807) is 9.58 Å². The van der Waals surface area contributed by atoms with Gasteiger partial charge in [-0.2, -0.15) is 14.8 Å². The molecule has 0 aliphatic carbocycles. The third-order valence-corrected chi connectivity index (χ3v) is 4.95. The quantitative estimate of drug-likeness (QED) is 0.638. The number of nitrogens with zero attached hydrogens (tertiary/aromatic N) is 5. The van der Waals surface area contributed by atoms with Crippen LogP contribution in [-0.4, -0.2) is 49.6 Å². The van der Waals surface area contributed by atoms with Crippen LogP contribution in [0.2, 0.25) is 5.15 Å². The van der Waals surface area contributed by atoms with Crippen molar-refractivity contribution < 1.29 is 14.1 Å². The number of amides is 1. The predicted molar refractivity (Wildman–Crippen MR) is 104 cm³/mol. The Morgan fingerprint density at radius 2 is 1.96 bits per heavy atom. The summed E-state index contributed by atoms with van der Waals surface area (Å²) >= 11 is 6.20. The van der Waals surface area contributed by atoms with E-state index in [1.165, 1.54) is 0 Å². The second kappa shape index (κ2) is 7.09. The largest absolute Gasteiger partial charge is 0.444 e. The van der Waals surface area contributed by atoms with Crippen molar-refractivity contribution in [2.75, 3.05) is 13.1 Å². The Morgan fingerprint density at radius 3 is 2.68 bits per heavy atom. The molecule has 2 aromatic heterocycles. The highest BCUT2D eigenvalue weighted by Gasteiger charge is 2.30. The normalized spacial score (nSPS) is 15.9. The Hall–Kier alpha value is -2.61. The number of halogens is 1. The zero-order chi connectivity index (χ0) is 19.9. The zero-order valence-corrected chi connectivity index (χ0v) is 16.8. The average molecular weight is 404 g/mol. The first-order chi connectivity index (χ1) is 13.3. The Labute approximate surface area is 167 Å². The Morgan fingerprint density at radius 1 is 1.25 bits per heavy atom. The van der Waals surface area contributed by atoms with Crippen LogP contribution in [0.5, 0.6) is 0 Å². The van der Waals surface area contributed by atoms with Gasteiger partial charge >= 0.3 is 12.1 Å². The predicted octanol–water partition coefficient (Wildman–Crippen LogP) is 4.18. The summed E-state index contributed by atoms with van der Waals surface area (Å²) < 4.78 is 12.4. The number of para-hydroxylation sites is 1. The topological polar surface area (TPSA) is 86.3 Å². The molecule has 1 aliphatic rings. The third-order valence-electron chi connectivity index (χ3n) is 4.67. The number of rotatable bonds is 2. The number of carbonyl (C=O) groups excluding carboxylic acids is 1. The van der Waals surface area contributed by atoms with Gasteiger partial charge in [-0.05, 0) is 45.7 Å². The second-order valence-electron chi connectivity index (χ2n) is 7.90. The van der Waals surface area contributed by atoms with Crippen LogP contribution in [0.3, 0.4) is 0 Å². The van der Waals surface area contributed by atoms with Gasteiger partial charge in [0.25, 0.3) is 0 Å². The second-order valence-corrected chi connectivity index (χ2v) is 8.25. The van der Waals surface area contributed by atoms with E-state index >= 15 is 0 Å². The van der Waals surface area contributed by atoms with E-state index in [0.717, 1.165) is 23.7 Å². The fraction of sp³-hybridized carbons (Fsp3) is 0.474. The van der Waals surface area contributed by atoms with Crippen LogP contribution < -0.4 is 0 Å². The van der Waals surface area contributed by atoms with Gasteiger partial charge in [0.15, 0.2) is 11.0 Å². The molecule has 0 radical (unpaired) electrons. The van der Waals surface area contributed by atoms with Crippen molar-refractivity contribution in [2.45, 2.75) is 45.1 Å². The molecule has 1 fully saturated rings. The van der Waals surface area contributed by atoms with Gasteiger partial charge in [-0.25, -0.2) is 4.79 Å². The molecular formula is C19H22ClN5O3. The molecule has 0 bridgehead atoms. The highest BCUT2D eigenvalue weighted by molar-refractivity contribution is 6.34. The van der Waals surface area contributed by atoms with Gasteiger partial charge in [-0.3, -0.25) is 0 Å². The number of carbonyl (C=O) groups is 1. The Kier molecular flexibility index (Phi) is 4.74. The fourth-order valence-electron chi connectivity index (χ4n) is 3.30. The molecule has 0 saturated carbocycles. The van der Waals surface area contributed by atoms with E-state index < -0.39 is 5.60 Å². The summed E-state index contributed by atoms with van der Waals surface area (Å²) in [5.41, 5.74) is 0.312. The minimum absolute atomic E-state index is 0.119. The zero-order valence-electron chi connectivity index (χ0n) is 16.1.